The first-order chi connectivity index (χ1) is 7.98. The van der Waals surface area contributed by atoms with Crippen molar-refractivity contribution in [1.82, 2.24) is 15.1 Å². The zero-order valence-electron chi connectivity index (χ0n) is 10.6. The molecule has 1 atom stereocenters. The molecule has 2 aromatic heterocycles. The Balaban J connectivity index is 2.28. The summed E-state index contributed by atoms with van der Waals surface area (Å²) in [4.78, 5) is 8.28. The van der Waals surface area contributed by atoms with Gasteiger partial charge in [-0.1, -0.05) is 32.9 Å². The lowest BCUT2D eigenvalue weighted by molar-refractivity contribution is 0.317. The smallest absolute Gasteiger partial charge is 0.204 e. The molecule has 0 spiro atoms. The van der Waals surface area contributed by atoms with Crippen molar-refractivity contribution in [1.29, 1.82) is 0 Å². The Morgan fingerprint density at radius 3 is 2.41 bits per heavy atom. The lowest BCUT2D eigenvalue weighted by atomic mass is 9.80. The standard InChI is InChI=1S/C13H17N3O/c1-9(13(2,3)4)10-8-11(17-16-10)12-14-6-5-7-15-12/h5-9H,1-4H3. The Hall–Kier alpha value is -1.71. The molecule has 0 fully saturated rings. The van der Waals surface area contributed by atoms with E-state index in [0.717, 1.165) is 5.69 Å². The van der Waals surface area contributed by atoms with E-state index in [-0.39, 0.29) is 5.41 Å². The van der Waals surface area contributed by atoms with Crippen LogP contribution in [0.2, 0.25) is 0 Å². The summed E-state index contributed by atoms with van der Waals surface area (Å²) in [7, 11) is 0. The molecular weight excluding hydrogens is 214 g/mol. The number of aromatic nitrogens is 3. The summed E-state index contributed by atoms with van der Waals surface area (Å²) < 4.78 is 5.29. The van der Waals surface area contributed by atoms with E-state index in [2.05, 4.69) is 42.8 Å². The SMILES string of the molecule is CC(c1cc(-c2ncccn2)on1)C(C)(C)C. The third-order valence-corrected chi connectivity index (χ3v) is 3.06. The number of nitrogens with zero attached hydrogens (tertiary/aromatic N) is 3. The molecule has 0 bridgehead atoms. The fraction of sp³-hybridized carbons (Fsp3) is 0.462. The third-order valence-electron chi connectivity index (χ3n) is 3.06. The molecule has 0 saturated carbocycles. The van der Waals surface area contributed by atoms with E-state index in [1.807, 2.05) is 6.07 Å². The molecule has 0 amide bonds. The average Bonchev–Trinajstić information content (AvgIpc) is 2.77. The normalized spacial score (nSPS) is 13.6. The van der Waals surface area contributed by atoms with Crippen LogP contribution in [0, 0.1) is 5.41 Å². The van der Waals surface area contributed by atoms with Gasteiger partial charge in [-0.2, -0.15) is 0 Å². The van der Waals surface area contributed by atoms with Crippen LogP contribution in [0.4, 0.5) is 0 Å². The maximum absolute atomic E-state index is 5.29. The second-order valence-corrected chi connectivity index (χ2v) is 5.28. The summed E-state index contributed by atoms with van der Waals surface area (Å²) in [5, 5.41) is 4.10. The van der Waals surface area contributed by atoms with Gasteiger partial charge in [0.1, 0.15) is 0 Å². The Labute approximate surface area is 101 Å². The van der Waals surface area contributed by atoms with Crippen molar-refractivity contribution in [3.63, 3.8) is 0 Å². The molecule has 0 N–H and O–H groups in total. The first kappa shape index (κ1) is 11.8. The van der Waals surface area contributed by atoms with Crippen molar-refractivity contribution in [3.05, 3.63) is 30.2 Å². The van der Waals surface area contributed by atoms with Gasteiger partial charge in [0.15, 0.2) is 5.82 Å². The van der Waals surface area contributed by atoms with Gasteiger partial charge < -0.3 is 4.52 Å². The van der Waals surface area contributed by atoms with Crippen molar-refractivity contribution in [3.8, 4) is 11.6 Å². The molecule has 0 aliphatic rings. The maximum atomic E-state index is 5.29. The van der Waals surface area contributed by atoms with Crippen molar-refractivity contribution < 1.29 is 4.52 Å². The van der Waals surface area contributed by atoms with E-state index in [1.54, 1.807) is 18.5 Å². The zero-order chi connectivity index (χ0) is 12.5. The van der Waals surface area contributed by atoms with Gasteiger partial charge in [-0.3, -0.25) is 0 Å². The van der Waals surface area contributed by atoms with Crippen LogP contribution in [0.25, 0.3) is 11.6 Å². The Bertz CT molecular complexity index is 485. The Kier molecular flexibility index (Phi) is 2.96. The summed E-state index contributed by atoms with van der Waals surface area (Å²) in [6.45, 7) is 8.70. The molecule has 1 unspecified atom stereocenters. The predicted octanol–water partition coefficient (Wildman–Crippen LogP) is 3.28. The van der Waals surface area contributed by atoms with Crippen LogP contribution in [0.15, 0.2) is 29.0 Å². The van der Waals surface area contributed by atoms with Crippen LogP contribution in [0.5, 0.6) is 0 Å². The number of hydrogen-bond donors (Lipinski definition) is 0. The molecule has 0 aliphatic carbocycles. The minimum absolute atomic E-state index is 0.158. The van der Waals surface area contributed by atoms with Crippen molar-refractivity contribution in [2.24, 2.45) is 5.41 Å². The van der Waals surface area contributed by atoms with Gasteiger partial charge in [-0.05, 0) is 11.5 Å². The predicted molar refractivity (Wildman–Crippen MR) is 65.4 cm³/mol. The summed E-state index contributed by atoms with van der Waals surface area (Å²) >= 11 is 0. The van der Waals surface area contributed by atoms with Crippen LogP contribution >= 0.6 is 0 Å². The quantitative estimate of drug-likeness (QED) is 0.795. The van der Waals surface area contributed by atoms with Crippen LogP contribution in [-0.4, -0.2) is 15.1 Å². The molecule has 2 aromatic rings. The van der Waals surface area contributed by atoms with Crippen LogP contribution in [0.3, 0.4) is 0 Å². The fourth-order valence-corrected chi connectivity index (χ4v) is 1.47. The molecule has 0 radical (unpaired) electrons. The molecule has 0 aliphatic heterocycles. The van der Waals surface area contributed by atoms with Crippen molar-refractivity contribution >= 4 is 0 Å². The number of hydrogen-bond acceptors (Lipinski definition) is 4. The first-order valence-electron chi connectivity index (χ1n) is 5.72. The van der Waals surface area contributed by atoms with E-state index >= 15 is 0 Å². The number of rotatable bonds is 2. The van der Waals surface area contributed by atoms with Crippen LogP contribution in [-0.2, 0) is 0 Å². The van der Waals surface area contributed by atoms with E-state index in [9.17, 15) is 0 Å². The Morgan fingerprint density at radius 1 is 1.18 bits per heavy atom. The van der Waals surface area contributed by atoms with Crippen molar-refractivity contribution in [2.75, 3.05) is 0 Å². The largest absolute Gasteiger partial charge is 0.353 e. The third kappa shape index (κ3) is 2.52. The van der Waals surface area contributed by atoms with E-state index in [0.29, 0.717) is 17.5 Å². The molecule has 0 saturated heterocycles. The van der Waals surface area contributed by atoms with Gasteiger partial charge >= 0.3 is 0 Å². The van der Waals surface area contributed by atoms with Crippen LogP contribution < -0.4 is 0 Å². The minimum Gasteiger partial charge on any atom is -0.353 e. The van der Waals surface area contributed by atoms with Crippen molar-refractivity contribution in [2.45, 2.75) is 33.6 Å². The Morgan fingerprint density at radius 2 is 1.82 bits per heavy atom. The summed E-state index contributed by atoms with van der Waals surface area (Å²) in [5.74, 6) is 1.52. The minimum atomic E-state index is 0.158. The highest BCUT2D eigenvalue weighted by molar-refractivity contribution is 5.46. The molecule has 17 heavy (non-hydrogen) atoms. The van der Waals surface area contributed by atoms with Gasteiger partial charge in [0, 0.05) is 24.4 Å². The molecular formula is C13H17N3O. The summed E-state index contributed by atoms with van der Waals surface area (Å²) in [5.41, 5.74) is 1.10. The highest BCUT2D eigenvalue weighted by Gasteiger charge is 2.25. The lowest BCUT2D eigenvalue weighted by Gasteiger charge is -2.24. The second-order valence-electron chi connectivity index (χ2n) is 5.28. The monoisotopic (exact) mass is 231 g/mol. The van der Waals surface area contributed by atoms with Crippen LogP contribution in [0.1, 0.15) is 39.3 Å². The zero-order valence-corrected chi connectivity index (χ0v) is 10.6. The van der Waals surface area contributed by atoms with E-state index in [1.165, 1.54) is 0 Å². The molecule has 0 aromatic carbocycles. The van der Waals surface area contributed by atoms with E-state index < -0.39 is 0 Å². The molecule has 90 valence electrons. The fourth-order valence-electron chi connectivity index (χ4n) is 1.47. The van der Waals surface area contributed by atoms with Gasteiger partial charge in [-0.25, -0.2) is 9.97 Å². The van der Waals surface area contributed by atoms with E-state index in [4.69, 9.17) is 4.52 Å². The maximum Gasteiger partial charge on any atom is 0.204 e. The molecule has 4 nitrogen and oxygen atoms in total. The van der Waals surface area contributed by atoms with Gasteiger partial charge in [0.05, 0.1) is 5.69 Å². The topological polar surface area (TPSA) is 51.8 Å². The molecule has 2 heterocycles. The molecule has 2 rings (SSSR count). The highest BCUT2D eigenvalue weighted by Crippen LogP contribution is 2.34. The second kappa shape index (κ2) is 4.28. The lowest BCUT2D eigenvalue weighted by Crippen LogP contribution is -2.15. The average molecular weight is 231 g/mol. The summed E-state index contributed by atoms with van der Waals surface area (Å²) in [6, 6.07) is 3.70. The van der Waals surface area contributed by atoms with Gasteiger partial charge in [-0.15, -0.1) is 0 Å². The first-order valence-corrected chi connectivity index (χ1v) is 5.72. The summed E-state index contributed by atoms with van der Waals surface area (Å²) in [6.07, 6.45) is 3.38. The van der Waals surface area contributed by atoms with Gasteiger partial charge in [0.25, 0.3) is 0 Å². The highest BCUT2D eigenvalue weighted by atomic mass is 16.5. The van der Waals surface area contributed by atoms with Gasteiger partial charge in [0.2, 0.25) is 5.76 Å². The molecule has 4 heteroatoms.